The lowest BCUT2D eigenvalue weighted by Gasteiger charge is -2.17. The standard InChI is InChI=1S/C8H18N2O2/c1-4-11-5-6(2)12-7(3)8(9)10/h6-7H,4-5H2,1-3H3,(H3,9,10). The molecule has 0 fully saturated rings. The van der Waals surface area contributed by atoms with Gasteiger partial charge in [0.2, 0.25) is 0 Å². The molecule has 4 heteroatoms. The first-order valence-electron chi connectivity index (χ1n) is 4.15. The van der Waals surface area contributed by atoms with E-state index < -0.39 is 0 Å². The van der Waals surface area contributed by atoms with Gasteiger partial charge < -0.3 is 15.2 Å². The summed E-state index contributed by atoms with van der Waals surface area (Å²) in [4.78, 5) is 0. The molecule has 0 rings (SSSR count). The number of nitrogens with one attached hydrogen (secondary N) is 1. The third kappa shape index (κ3) is 5.09. The molecule has 0 aromatic rings. The van der Waals surface area contributed by atoms with E-state index in [2.05, 4.69) is 0 Å². The van der Waals surface area contributed by atoms with Crippen molar-refractivity contribution in [3.63, 3.8) is 0 Å². The lowest BCUT2D eigenvalue weighted by Crippen LogP contribution is -2.32. The van der Waals surface area contributed by atoms with Gasteiger partial charge in [-0.25, -0.2) is 0 Å². The molecule has 0 amide bonds. The minimum Gasteiger partial charge on any atom is -0.385 e. The van der Waals surface area contributed by atoms with Gasteiger partial charge in [0.25, 0.3) is 0 Å². The molecule has 0 bridgehead atoms. The van der Waals surface area contributed by atoms with E-state index in [9.17, 15) is 0 Å². The Morgan fingerprint density at radius 1 is 1.50 bits per heavy atom. The third-order valence-electron chi connectivity index (χ3n) is 1.43. The number of ether oxygens (including phenoxy) is 2. The first-order valence-corrected chi connectivity index (χ1v) is 4.15. The normalized spacial score (nSPS) is 15.6. The van der Waals surface area contributed by atoms with Crippen molar-refractivity contribution in [3.8, 4) is 0 Å². The zero-order chi connectivity index (χ0) is 9.56. The Balaban J connectivity index is 3.53. The maximum atomic E-state index is 7.08. The van der Waals surface area contributed by atoms with E-state index in [1.54, 1.807) is 6.92 Å². The average molecular weight is 174 g/mol. The van der Waals surface area contributed by atoms with Gasteiger partial charge in [-0.1, -0.05) is 0 Å². The maximum absolute atomic E-state index is 7.08. The van der Waals surface area contributed by atoms with Crippen molar-refractivity contribution >= 4 is 5.84 Å². The minimum absolute atomic E-state index is 0.0103. The molecular weight excluding hydrogens is 156 g/mol. The number of hydrogen-bond donors (Lipinski definition) is 2. The predicted octanol–water partition coefficient (Wildman–Crippen LogP) is 0.752. The van der Waals surface area contributed by atoms with Crippen LogP contribution in [-0.4, -0.2) is 31.3 Å². The highest BCUT2D eigenvalue weighted by Gasteiger charge is 2.10. The summed E-state index contributed by atoms with van der Waals surface area (Å²) in [6.45, 7) is 6.82. The number of rotatable bonds is 6. The summed E-state index contributed by atoms with van der Waals surface area (Å²) < 4.78 is 10.5. The number of nitrogens with two attached hydrogens (primary N) is 1. The second kappa shape index (κ2) is 5.97. The van der Waals surface area contributed by atoms with E-state index in [4.69, 9.17) is 20.6 Å². The van der Waals surface area contributed by atoms with Gasteiger partial charge in [0.05, 0.1) is 12.7 Å². The fraction of sp³-hybridized carbons (Fsp3) is 0.875. The predicted molar refractivity (Wildman–Crippen MR) is 48.4 cm³/mol. The van der Waals surface area contributed by atoms with Crippen molar-refractivity contribution in [1.29, 1.82) is 5.41 Å². The van der Waals surface area contributed by atoms with Crippen LogP contribution in [0, 0.1) is 5.41 Å². The molecule has 2 unspecified atom stereocenters. The molecule has 4 nitrogen and oxygen atoms in total. The molecule has 3 N–H and O–H groups in total. The van der Waals surface area contributed by atoms with Crippen LogP contribution >= 0.6 is 0 Å². The first-order chi connectivity index (χ1) is 5.57. The van der Waals surface area contributed by atoms with Crippen molar-refractivity contribution in [2.45, 2.75) is 33.0 Å². The van der Waals surface area contributed by atoms with Crippen molar-refractivity contribution in [3.05, 3.63) is 0 Å². The Kier molecular flexibility index (Phi) is 5.66. The topological polar surface area (TPSA) is 68.3 Å². The van der Waals surface area contributed by atoms with Crippen LogP contribution in [0.25, 0.3) is 0 Å². The number of hydrogen-bond acceptors (Lipinski definition) is 3. The Morgan fingerprint density at radius 2 is 2.08 bits per heavy atom. The van der Waals surface area contributed by atoms with Crippen LogP contribution in [-0.2, 0) is 9.47 Å². The van der Waals surface area contributed by atoms with Crippen LogP contribution in [0.2, 0.25) is 0 Å². The second-order valence-corrected chi connectivity index (χ2v) is 2.70. The highest BCUT2D eigenvalue weighted by molar-refractivity contribution is 5.81. The maximum Gasteiger partial charge on any atom is 0.120 e. The monoisotopic (exact) mass is 174 g/mol. The summed E-state index contributed by atoms with van der Waals surface area (Å²) in [5.74, 6) is 0.0540. The van der Waals surface area contributed by atoms with Gasteiger partial charge in [-0.2, -0.15) is 0 Å². The van der Waals surface area contributed by atoms with Crippen LogP contribution < -0.4 is 5.73 Å². The van der Waals surface area contributed by atoms with Crippen LogP contribution in [0.5, 0.6) is 0 Å². The molecule has 72 valence electrons. The van der Waals surface area contributed by atoms with Gasteiger partial charge in [0, 0.05) is 6.61 Å². The van der Waals surface area contributed by atoms with Crippen LogP contribution in [0.4, 0.5) is 0 Å². The molecule has 0 radical (unpaired) electrons. The zero-order valence-corrected chi connectivity index (χ0v) is 7.96. The molecule has 0 saturated carbocycles. The molecular formula is C8H18N2O2. The largest absolute Gasteiger partial charge is 0.385 e. The first kappa shape index (κ1) is 11.4. The van der Waals surface area contributed by atoms with Gasteiger partial charge in [0.1, 0.15) is 11.9 Å². The molecule has 0 aliphatic carbocycles. The van der Waals surface area contributed by atoms with E-state index in [1.165, 1.54) is 0 Å². The molecule has 0 aliphatic heterocycles. The van der Waals surface area contributed by atoms with Crippen LogP contribution in [0.1, 0.15) is 20.8 Å². The van der Waals surface area contributed by atoms with Crippen molar-refractivity contribution < 1.29 is 9.47 Å². The molecule has 12 heavy (non-hydrogen) atoms. The fourth-order valence-electron chi connectivity index (χ4n) is 0.745. The van der Waals surface area contributed by atoms with Crippen LogP contribution in [0.15, 0.2) is 0 Å². The summed E-state index contributed by atoms with van der Waals surface area (Å²) in [5, 5.41) is 7.08. The van der Waals surface area contributed by atoms with Gasteiger partial charge in [-0.15, -0.1) is 0 Å². The molecule has 2 atom stereocenters. The highest BCUT2D eigenvalue weighted by atomic mass is 16.5. The Bertz CT molecular complexity index is 139. The summed E-state index contributed by atoms with van der Waals surface area (Å²) in [5.41, 5.74) is 5.23. The van der Waals surface area contributed by atoms with Gasteiger partial charge in [-0.3, -0.25) is 5.41 Å². The Labute approximate surface area is 73.5 Å². The van der Waals surface area contributed by atoms with Crippen molar-refractivity contribution in [2.75, 3.05) is 13.2 Å². The lowest BCUT2D eigenvalue weighted by atomic mass is 10.3. The van der Waals surface area contributed by atoms with Gasteiger partial charge in [-0.05, 0) is 20.8 Å². The Morgan fingerprint density at radius 3 is 2.50 bits per heavy atom. The lowest BCUT2D eigenvalue weighted by molar-refractivity contribution is -0.0169. The summed E-state index contributed by atoms with van der Waals surface area (Å²) >= 11 is 0. The Hall–Kier alpha value is -0.610. The van der Waals surface area contributed by atoms with E-state index in [-0.39, 0.29) is 18.0 Å². The average Bonchev–Trinajstić information content (AvgIpc) is 2.00. The summed E-state index contributed by atoms with van der Waals surface area (Å²) in [6, 6.07) is 0. The number of amidine groups is 1. The van der Waals surface area contributed by atoms with E-state index in [0.29, 0.717) is 13.2 Å². The second-order valence-electron chi connectivity index (χ2n) is 2.70. The third-order valence-corrected chi connectivity index (χ3v) is 1.43. The van der Waals surface area contributed by atoms with Crippen molar-refractivity contribution in [1.82, 2.24) is 0 Å². The summed E-state index contributed by atoms with van der Waals surface area (Å²) in [7, 11) is 0. The molecule has 0 saturated heterocycles. The molecule has 0 aliphatic rings. The van der Waals surface area contributed by atoms with Gasteiger partial charge >= 0.3 is 0 Å². The van der Waals surface area contributed by atoms with Crippen LogP contribution in [0.3, 0.4) is 0 Å². The molecule has 0 heterocycles. The molecule has 0 aromatic carbocycles. The van der Waals surface area contributed by atoms with E-state index >= 15 is 0 Å². The zero-order valence-electron chi connectivity index (χ0n) is 7.96. The summed E-state index contributed by atoms with van der Waals surface area (Å²) in [6.07, 6.45) is -0.329. The van der Waals surface area contributed by atoms with E-state index in [1.807, 2.05) is 13.8 Å². The quantitative estimate of drug-likeness (QED) is 0.461. The smallest absolute Gasteiger partial charge is 0.120 e. The molecule has 0 aromatic heterocycles. The fourth-order valence-corrected chi connectivity index (χ4v) is 0.745. The van der Waals surface area contributed by atoms with Crippen molar-refractivity contribution in [2.24, 2.45) is 5.73 Å². The minimum atomic E-state index is -0.319. The van der Waals surface area contributed by atoms with Gasteiger partial charge in [0.15, 0.2) is 0 Å². The highest BCUT2D eigenvalue weighted by Crippen LogP contribution is 1.98. The molecule has 0 spiro atoms. The SMILES string of the molecule is CCOCC(C)OC(C)C(=N)N. The van der Waals surface area contributed by atoms with E-state index in [0.717, 1.165) is 0 Å².